The van der Waals surface area contributed by atoms with E-state index in [1.165, 1.54) is 25.7 Å². The average molecular weight is 349 g/mol. The molecule has 1 saturated heterocycles. The fourth-order valence-electron chi connectivity index (χ4n) is 5.04. The number of amides is 1. The molecular formula is C20H23N5O. The number of carbonyl (C=O) groups is 1. The van der Waals surface area contributed by atoms with Gasteiger partial charge in [-0.2, -0.15) is 0 Å². The summed E-state index contributed by atoms with van der Waals surface area (Å²) in [6, 6.07) is 7.95. The van der Waals surface area contributed by atoms with Gasteiger partial charge in [-0.3, -0.25) is 4.79 Å². The number of aryl methyl sites for hydroxylation is 1. The fraction of sp³-hybridized carbons (Fsp3) is 0.450. The Hall–Kier alpha value is -2.63. The van der Waals surface area contributed by atoms with Gasteiger partial charge in [0.2, 0.25) is 0 Å². The van der Waals surface area contributed by atoms with Crippen molar-refractivity contribution in [2.75, 3.05) is 13.1 Å². The molecule has 0 bridgehead atoms. The van der Waals surface area contributed by atoms with E-state index in [4.69, 9.17) is 0 Å². The standard InChI is InChI=1S/C20H23N5O/c1-24-13-22-23-18(24)16-11-25(12-20(16)7-2-3-8-20)19(26)15-5-4-14-6-9-21-17(14)10-15/h4-6,9-10,13,16,21H,2-3,7-8,11-12H2,1H3. The molecule has 1 aliphatic carbocycles. The van der Waals surface area contributed by atoms with Crippen molar-refractivity contribution in [3.05, 3.63) is 48.2 Å². The van der Waals surface area contributed by atoms with Gasteiger partial charge in [-0.15, -0.1) is 10.2 Å². The Balaban J connectivity index is 1.48. The molecule has 1 N–H and O–H groups in total. The van der Waals surface area contributed by atoms with Gasteiger partial charge in [0.05, 0.1) is 0 Å². The summed E-state index contributed by atoms with van der Waals surface area (Å²) in [7, 11) is 2.00. The second-order valence-corrected chi connectivity index (χ2v) is 7.89. The van der Waals surface area contributed by atoms with Crippen molar-refractivity contribution >= 4 is 16.8 Å². The van der Waals surface area contributed by atoms with Gasteiger partial charge < -0.3 is 14.5 Å². The largest absolute Gasteiger partial charge is 0.361 e. The van der Waals surface area contributed by atoms with Crippen LogP contribution in [0.4, 0.5) is 0 Å². The number of fused-ring (bicyclic) bond motifs is 1. The summed E-state index contributed by atoms with van der Waals surface area (Å²) >= 11 is 0. The predicted molar refractivity (Wildman–Crippen MR) is 98.8 cm³/mol. The number of aromatic amines is 1. The van der Waals surface area contributed by atoms with Crippen molar-refractivity contribution in [2.45, 2.75) is 31.6 Å². The third-order valence-electron chi connectivity index (χ3n) is 6.39. The molecule has 5 rings (SSSR count). The maximum atomic E-state index is 13.2. The van der Waals surface area contributed by atoms with E-state index in [1.54, 1.807) is 6.33 Å². The summed E-state index contributed by atoms with van der Waals surface area (Å²) < 4.78 is 2.02. The lowest BCUT2D eigenvalue weighted by molar-refractivity contribution is 0.0773. The van der Waals surface area contributed by atoms with Crippen LogP contribution in [0, 0.1) is 5.41 Å². The minimum atomic E-state index is 0.123. The van der Waals surface area contributed by atoms with Crippen LogP contribution < -0.4 is 0 Å². The van der Waals surface area contributed by atoms with E-state index in [9.17, 15) is 4.79 Å². The first-order valence-corrected chi connectivity index (χ1v) is 9.37. The highest BCUT2D eigenvalue weighted by Crippen LogP contribution is 2.53. The van der Waals surface area contributed by atoms with Crippen molar-refractivity contribution in [1.29, 1.82) is 0 Å². The lowest BCUT2D eigenvalue weighted by atomic mass is 9.76. The third-order valence-corrected chi connectivity index (χ3v) is 6.39. The smallest absolute Gasteiger partial charge is 0.253 e. The highest BCUT2D eigenvalue weighted by atomic mass is 16.2. The quantitative estimate of drug-likeness (QED) is 0.773. The van der Waals surface area contributed by atoms with Gasteiger partial charge in [0.15, 0.2) is 0 Å². The molecule has 0 radical (unpaired) electrons. The molecule has 1 amide bonds. The average Bonchev–Trinajstić information content (AvgIpc) is 3.42. The molecule has 1 aromatic carbocycles. The first kappa shape index (κ1) is 15.6. The van der Waals surface area contributed by atoms with Gasteiger partial charge in [-0.25, -0.2) is 0 Å². The molecule has 6 heteroatoms. The highest BCUT2D eigenvalue weighted by Gasteiger charge is 2.51. The van der Waals surface area contributed by atoms with E-state index in [0.717, 1.165) is 35.4 Å². The maximum Gasteiger partial charge on any atom is 0.253 e. The molecule has 3 aromatic rings. The molecule has 1 aliphatic heterocycles. The molecular weight excluding hydrogens is 326 g/mol. The van der Waals surface area contributed by atoms with Crippen LogP contribution >= 0.6 is 0 Å². The Kier molecular flexibility index (Phi) is 3.42. The molecule has 6 nitrogen and oxygen atoms in total. The molecule has 1 spiro atoms. The summed E-state index contributed by atoms with van der Waals surface area (Å²) in [6.45, 7) is 1.56. The first-order valence-electron chi connectivity index (χ1n) is 9.37. The van der Waals surface area contributed by atoms with Gasteiger partial charge in [-0.05, 0) is 41.8 Å². The van der Waals surface area contributed by atoms with Crippen molar-refractivity contribution in [2.24, 2.45) is 12.5 Å². The molecule has 26 heavy (non-hydrogen) atoms. The van der Waals surface area contributed by atoms with E-state index < -0.39 is 0 Å². The molecule has 2 fully saturated rings. The van der Waals surface area contributed by atoms with Crippen molar-refractivity contribution in [3.63, 3.8) is 0 Å². The molecule has 1 saturated carbocycles. The van der Waals surface area contributed by atoms with Crippen LogP contribution in [-0.2, 0) is 7.05 Å². The summed E-state index contributed by atoms with van der Waals surface area (Å²) in [4.78, 5) is 18.5. The first-order chi connectivity index (χ1) is 12.7. The van der Waals surface area contributed by atoms with Gasteiger partial charge in [0, 0.05) is 43.3 Å². The maximum absolute atomic E-state index is 13.2. The molecule has 1 atom stereocenters. The third kappa shape index (κ3) is 2.28. The summed E-state index contributed by atoms with van der Waals surface area (Å²) in [5, 5.41) is 9.60. The second-order valence-electron chi connectivity index (χ2n) is 7.89. The minimum absolute atomic E-state index is 0.123. The number of hydrogen-bond acceptors (Lipinski definition) is 3. The van der Waals surface area contributed by atoms with E-state index >= 15 is 0 Å². The second kappa shape index (κ2) is 5.69. The van der Waals surface area contributed by atoms with Crippen LogP contribution in [0.5, 0.6) is 0 Å². The Morgan fingerprint density at radius 1 is 1.27 bits per heavy atom. The number of carbonyl (C=O) groups excluding carboxylic acids is 1. The van der Waals surface area contributed by atoms with Gasteiger partial charge in [0.1, 0.15) is 12.2 Å². The lowest BCUT2D eigenvalue weighted by Gasteiger charge is -2.28. The number of hydrogen-bond donors (Lipinski definition) is 1. The highest BCUT2D eigenvalue weighted by molar-refractivity contribution is 5.98. The minimum Gasteiger partial charge on any atom is -0.361 e. The normalized spacial score (nSPS) is 21.9. The molecule has 2 aromatic heterocycles. The number of likely N-dealkylation sites (tertiary alicyclic amines) is 1. The zero-order valence-corrected chi connectivity index (χ0v) is 15.0. The Morgan fingerprint density at radius 2 is 2.12 bits per heavy atom. The van der Waals surface area contributed by atoms with E-state index in [2.05, 4.69) is 15.2 Å². The zero-order valence-electron chi connectivity index (χ0n) is 15.0. The molecule has 134 valence electrons. The summed E-state index contributed by atoms with van der Waals surface area (Å²) in [6.07, 6.45) is 8.50. The van der Waals surface area contributed by atoms with Crippen molar-refractivity contribution in [1.82, 2.24) is 24.6 Å². The van der Waals surface area contributed by atoms with Gasteiger partial charge in [-0.1, -0.05) is 18.9 Å². The number of nitrogens with zero attached hydrogens (tertiary/aromatic N) is 4. The van der Waals surface area contributed by atoms with Gasteiger partial charge in [0.25, 0.3) is 5.91 Å². The summed E-state index contributed by atoms with van der Waals surface area (Å²) in [5.41, 5.74) is 1.93. The number of benzene rings is 1. The van der Waals surface area contributed by atoms with Crippen LogP contribution in [0.25, 0.3) is 10.9 Å². The topological polar surface area (TPSA) is 66.8 Å². The van der Waals surface area contributed by atoms with Crippen LogP contribution in [0.1, 0.15) is 47.8 Å². The molecule has 2 aliphatic rings. The number of nitrogens with one attached hydrogen (secondary N) is 1. The fourth-order valence-corrected chi connectivity index (χ4v) is 5.04. The SMILES string of the molecule is Cn1cnnc1C1CN(C(=O)c2ccc3cc[nH]c3c2)CC12CCCC2. The monoisotopic (exact) mass is 349 g/mol. The Labute approximate surface area is 152 Å². The number of aromatic nitrogens is 4. The Bertz CT molecular complexity index is 965. The number of H-pyrrole nitrogens is 1. The van der Waals surface area contributed by atoms with Crippen LogP contribution in [0.2, 0.25) is 0 Å². The van der Waals surface area contributed by atoms with E-state index in [1.807, 2.05) is 47.0 Å². The summed E-state index contributed by atoms with van der Waals surface area (Å²) in [5.74, 6) is 1.41. The lowest BCUT2D eigenvalue weighted by Crippen LogP contribution is -2.31. The van der Waals surface area contributed by atoms with Crippen molar-refractivity contribution < 1.29 is 4.79 Å². The Morgan fingerprint density at radius 3 is 2.88 bits per heavy atom. The van der Waals surface area contributed by atoms with Crippen LogP contribution in [0.15, 0.2) is 36.8 Å². The van der Waals surface area contributed by atoms with Crippen LogP contribution in [-0.4, -0.2) is 43.6 Å². The van der Waals surface area contributed by atoms with E-state index in [-0.39, 0.29) is 17.2 Å². The van der Waals surface area contributed by atoms with E-state index in [0.29, 0.717) is 0 Å². The predicted octanol–water partition coefficient (Wildman–Crippen LogP) is 3.10. The molecule has 1 unspecified atom stereocenters. The van der Waals surface area contributed by atoms with Crippen molar-refractivity contribution in [3.8, 4) is 0 Å². The van der Waals surface area contributed by atoms with Gasteiger partial charge >= 0.3 is 0 Å². The zero-order chi connectivity index (χ0) is 17.7. The van der Waals surface area contributed by atoms with Crippen LogP contribution in [0.3, 0.4) is 0 Å². The number of rotatable bonds is 2. The molecule has 3 heterocycles.